The summed E-state index contributed by atoms with van der Waals surface area (Å²) in [6, 6.07) is 4.18. The Labute approximate surface area is 106 Å². The van der Waals surface area contributed by atoms with Crippen LogP contribution in [0.15, 0.2) is 18.2 Å². The number of halogens is 1. The molecule has 2 unspecified atom stereocenters. The van der Waals surface area contributed by atoms with Gasteiger partial charge in [-0.15, -0.1) is 0 Å². The Hall–Kier alpha value is -1.14. The van der Waals surface area contributed by atoms with Crippen molar-refractivity contribution >= 4 is 15.5 Å². The maximum atomic E-state index is 13.6. The second-order valence-corrected chi connectivity index (χ2v) is 6.74. The molecule has 2 atom stereocenters. The number of nitrogen functional groups attached to an aromatic ring is 1. The number of benzene rings is 1. The van der Waals surface area contributed by atoms with E-state index in [1.54, 1.807) is 6.92 Å². The van der Waals surface area contributed by atoms with Crippen LogP contribution in [-0.4, -0.2) is 26.4 Å². The Morgan fingerprint density at radius 3 is 2.78 bits per heavy atom. The van der Waals surface area contributed by atoms with Crippen LogP contribution in [0.25, 0.3) is 0 Å². The SMILES string of the molecule is CC1OCCC1S(=O)(=O)Cc1c(N)cccc1F. The van der Waals surface area contributed by atoms with Gasteiger partial charge in [-0.3, -0.25) is 0 Å². The predicted octanol–water partition coefficient (Wildman–Crippen LogP) is 1.50. The van der Waals surface area contributed by atoms with E-state index in [2.05, 4.69) is 0 Å². The molecule has 0 aliphatic carbocycles. The van der Waals surface area contributed by atoms with Crippen molar-refractivity contribution in [3.05, 3.63) is 29.6 Å². The van der Waals surface area contributed by atoms with Crippen molar-refractivity contribution in [3.8, 4) is 0 Å². The largest absolute Gasteiger partial charge is 0.398 e. The van der Waals surface area contributed by atoms with E-state index in [-0.39, 0.29) is 23.1 Å². The van der Waals surface area contributed by atoms with Crippen LogP contribution in [0.1, 0.15) is 18.9 Å². The summed E-state index contributed by atoms with van der Waals surface area (Å²) in [4.78, 5) is 0. The number of hydrogen-bond donors (Lipinski definition) is 1. The number of hydrogen-bond acceptors (Lipinski definition) is 4. The molecule has 1 fully saturated rings. The van der Waals surface area contributed by atoms with Crippen LogP contribution in [0.3, 0.4) is 0 Å². The molecule has 0 aromatic heterocycles. The van der Waals surface area contributed by atoms with Crippen LogP contribution < -0.4 is 5.73 Å². The van der Waals surface area contributed by atoms with Crippen LogP contribution in [0.4, 0.5) is 10.1 Å². The van der Waals surface area contributed by atoms with Crippen LogP contribution >= 0.6 is 0 Å². The first-order valence-electron chi connectivity index (χ1n) is 5.78. The van der Waals surface area contributed by atoms with Gasteiger partial charge in [0.05, 0.1) is 17.1 Å². The third-order valence-corrected chi connectivity index (χ3v) is 5.50. The normalized spacial score (nSPS) is 24.3. The fourth-order valence-corrected chi connectivity index (χ4v) is 4.26. The molecule has 6 heteroatoms. The highest BCUT2D eigenvalue weighted by Crippen LogP contribution is 2.26. The van der Waals surface area contributed by atoms with Crippen LogP contribution in [0.2, 0.25) is 0 Å². The third-order valence-electron chi connectivity index (χ3n) is 3.27. The predicted molar refractivity (Wildman–Crippen MR) is 67.3 cm³/mol. The molecule has 2 rings (SSSR count). The zero-order valence-corrected chi connectivity index (χ0v) is 10.9. The minimum Gasteiger partial charge on any atom is -0.398 e. The third kappa shape index (κ3) is 2.49. The van der Waals surface area contributed by atoms with Gasteiger partial charge >= 0.3 is 0 Å². The molecule has 1 saturated heterocycles. The topological polar surface area (TPSA) is 69.4 Å². The lowest BCUT2D eigenvalue weighted by atomic mass is 10.2. The van der Waals surface area contributed by atoms with Crippen LogP contribution in [0, 0.1) is 5.82 Å². The quantitative estimate of drug-likeness (QED) is 0.847. The zero-order valence-electron chi connectivity index (χ0n) is 10.1. The van der Waals surface area contributed by atoms with Gasteiger partial charge < -0.3 is 10.5 Å². The van der Waals surface area contributed by atoms with Crippen molar-refractivity contribution in [2.24, 2.45) is 0 Å². The van der Waals surface area contributed by atoms with Gasteiger partial charge in [-0.1, -0.05) is 6.07 Å². The van der Waals surface area contributed by atoms with Crippen molar-refractivity contribution in [1.29, 1.82) is 0 Å². The minimum atomic E-state index is -3.45. The van der Waals surface area contributed by atoms with Crippen molar-refractivity contribution in [3.63, 3.8) is 0 Å². The van der Waals surface area contributed by atoms with E-state index in [1.807, 2.05) is 0 Å². The first-order valence-corrected chi connectivity index (χ1v) is 7.49. The van der Waals surface area contributed by atoms with Crippen molar-refractivity contribution in [2.75, 3.05) is 12.3 Å². The maximum absolute atomic E-state index is 13.6. The highest BCUT2D eigenvalue weighted by Gasteiger charge is 2.36. The molecular weight excluding hydrogens is 257 g/mol. The van der Waals surface area contributed by atoms with Gasteiger partial charge in [0.1, 0.15) is 5.82 Å². The second-order valence-electron chi connectivity index (χ2n) is 4.52. The molecule has 1 aliphatic rings. The highest BCUT2D eigenvalue weighted by atomic mass is 32.2. The molecule has 18 heavy (non-hydrogen) atoms. The van der Waals surface area contributed by atoms with Gasteiger partial charge in [-0.25, -0.2) is 12.8 Å². The second kappa shape index (κ2) is 4.85. The molecule has 0 spiro atoms. The van der Waals surface area contributed by atoms with Crippen molar-refractivity contribution in [2.45, 2.75) is 30.5 Å². The molecule has 0 radical (unpaired) electrons. The van der Waals surface area contributed by atoms with Gasteiger partial charge in [0, 0.05) is 17.9 Å². The Morgan fingerprint density at radius 1 is 1.50 bits per heavy atom. The lowest BCUT2D eigenvalue weighted by Crippen LogP contribution is -2.29. The molecule has 0 amide bonds. The van der Waals surface area contributed by atoms with E-state index in [4.69, 9.17) is 10.5 Å². The highest BCUT2D eigenvalue weighted by molar-refractivity contribution is 7.91. The standard InChI is InChI=1S/C12H16FNO3S/c1-8-12(5-6-17-8)18(15,16)7-9-10(13)3-2-4-11(9)14/h2-4,8,12H,5-7,14H2,1H3. The first kappa shape index (κ1) is 13.3. The van der Waals surface area contributed by atoms with Gasteiger partial charge in [0.2, 0.25) is 0 Å². The average Bonchev–Trinajstić information content (AvgIpc) is 2.71. The van der Waals surface area contributed by atoms with E-state index in [1.165, 1.54) is 18.2 Å². The number of anilines is 1. The lowest BCUT2D eigenvalue weighted by molar-refractivity contribution is 0.126. The smallest absolute Gasteiger partial charge is 0.160 e. The summed E-state index contributed by atoms with van der Waals surface area (Å²) in [7, 11) is -3.45. The summed E-state index contributed by atoms with van der Waals surface area (Å²) in [5, 5.41) is -0.573. The lowest BCUT2D eigenvalue weighted by Gasteiger charge is -2.16. The molecule has 1 aromatic carbocycles. The Morgan fingerprint density at radius 2 is 2.22 bits per heavy atom. The summed E-state index contributed by atoms with van der Waals surface area (Å²) in [5.41, 5.74) is 5.85. The molecule has 4 nitrogen and oxygen atoms in total. The molecule has 1 aromatic rings. The first-order chi connectivity index (χ1) is 8.42. The molecular formula is C12H16FNO3S. The van der Waals surface area contributed by atoms with Gasteiger partial charge in [0.15, 0.2) is 9.84 Å². The Balaban J connectivity index is 2.28. The van der Waals surface area contributed by atoms with E-state index in [9.17, 15) is 12.8 Å². The number of nitrogens with two attached hydrogens (primary N) is 1. The fourth-order valence-electron chi connectivity index (χ4n) is 2.22. The van der Waals surface area contributed by atoms with Gasteiger partial charge in [-0.2, -0.15) is 0 Å². The van der Waals surface area contributed by atoms with Crippen molar-refractivity contribution < 1.29 is 17.5 Å². The molecule has 1 aliphatic heterocycles. The summed E-state index contributed by atoms with van der Waals surface area (Å²) in [6.07, 6.45) is 0.112. The van der Waals surface area contributed by atoms with Gasteiger partial charge in [-0.05, 0) is 25.5 Å². The average molecular weight is 273 g/mol. The van der Waals surface area contributed by atoms with Crippen LogP contribution in [0.5, 0.6) is 0 Å². The number of sulfone groups is 1. The van der Waals surface area contributed by atoms with E-state index < -0.39 is 20.9 Å². The van der Waals surface area contributed by atoms with E-state index in [0.717, 1.165) is 0 Å². The molecule has 0 saturated carbocycles. The van der Waals surface area contributed by atoms with Crippen molar-refractivity contribution in [1.82, 2.24) is 0 Å². The molecule has 0 bridgehead atoms. The summed E-state index contributed by atoms with van der Waals surface area (Å²) < 4.78 is 43.3. The number of rotatable bonds is 3. The minimum absolute atomic E-state index is 0.0524. The van der Waals surface area contributed by atoms with E-state index >= 15 is 0 Å². The summed E-state index contributed by atoms with van der Waals surface area (Å²) >= 11 is 0. The van der Waals surface area contributed by atoms with Gasteiger partial charge in [0.25, 0.3) is 0 Å². The summed E-state index contributed by atoms with van der Waals surface area (Å²) in [6.45, 7) is 2.15. The Kier molecular flexibility index (Phi) is 3.59. The molecule has 1 heterocycles. The van der Waals surface area contributed by atoms with E-state index in [0.29, 0.717) is 13.0 Å². The fraction of sp³-hybridized carbons (Fsp3) is 0.500. The Bertz CT molecular complexity index is 524. The number of ether oxygens (including phenoxy) is 1. The maximum Gasteiger partial charge on any atom is 0.160 e. The molecule has 100 valence electrons. The zero-order chi connectivity index (χ0) is 13.3. The monoisotopic (exact) mass is 273 g/mol. The summed E-state index contributed by atoms with van der Waals surface area (Å²) in [5.74, 6) is -0.950. The molecule has 2 N–H and O–H groups in total. The van der Waals surface area contributed by atoms with Crippen LogP contribution in [-0.2, 0) is 20.3 Å².